The molecule has 0 spiro atoms. The molecule has 0 saturated carbocycles. The molecule has 3 heterocycles. The maximum atomic E-state index is 4.57. The van der Waals surface area contributed by atoms with Crippen LogP contribution in [-0.4, -0.2) is 49.5 Å². The van der Waals surface area contributed by atoms with Crippen molar-refractivity contribution in [2.45, 2.75) is 18.9 Å². The molecule has 4 N–H and O–H groups in total. The maximum absolute atomic E-state index is 4.57. The summed E-state index contributed by atoms with van der Waals surface area (Å²) in [7, 11) is 0. The van der Waals surface area contributed by atoms with Crippen LogP contribution in [0.25, 0.3) is 0 Å². The Morgan fingerprint density at radius 2 is 2.26 bits per heavy atom. The summed E-state index contributed by atoms with van der Waals surface area (Å²) >= 11 is 0. The first-order chi connectivity index (χ1) is 9.38. The van der Waals surface area contributed by atoms with Gasteiger partial charge in [0.15, 0.2) is 5.70 Å². The van der Waals surface area contributed by atoms with Crippen LogP contribution in [0, 0.1) is 0 Å². The minimum absolute atomic E-state index is 0.433. The van der Waals surface area contributed by atoms with E-state index in [1.54, 1.807) is 0 Å². The third kappa shape index (κ3) is 2.65. The van der Waals surface area contributed by atoms with Gasteiger partial charge in [-0.2, -0.15) is 0 Å². The van der Waals surface area contributed by atoms with Crippen molar-refractivity contribution < 1.29 is 5.32 Å². The summed E-state index contributed by atoms with van der Waals surface area (Å²) in [6.07, 6.45) is 4.40. The molecule has 2 fully saturated rings. The van der Waals surface area contributed by atoms with Gasteiger partial charge in [-0.3, -0.25) is 5.32 Å². The van der Waals surface area contributed by atoms with Crippen LogP contribution in [0.3, 0.4) is 0 Å². The fourth-order valence-electron chi connectivity index (χ4n) is 2.92. The van der Waals surface area contributed by atoms with Gasteiger partial charge >= 0.3 is 0 Å². The van der Waals surface area contributed by atoms with E-state index in [-0.39, 0.29) is 0 Å². The molecule has 3 aliphatic rings. The van der Waals surface area contributed by atoms with Crippen LogP contribution in [0.2, 0.25) is 0 Å². The van der Waals surface area contributed by atoms with Crippen molar-refractivity contribution in [3.63, 3.8) is 0 Å². The molecule has 3 aliphatic heterocycles. The molecule has 1 unspecified atom stereocenters. The number of rotatable bonds is 3. The van der Waals surface area contributed by atoms with Gasteiger partial charge in [-0.25, -0.2) is 4.99 Å². The quantitative estimate of drug-likeness (QED) is 0.578. The Bertz CT molecular complexity index is 446. The van der Waals surface area contributed by atoms with Crippen molar-refractivity contribution in [1.82, 2.24) is 15.5 Å². The molecule has 0 aromatic rings. The smallest absolute Gasteiger partial charge is 0.222 e. The zero-order valence-corrected chi connectivity index (χ0v) is 11.3. The number of quaternary nitrogens is 1. The second kappa shape index (κ2) is 5.72. The standard InChI is InChI=1S/C14H21N5/c1-2-13(19-8-6-15-7-9-19)12-10-17-14(18-12)11-4-3-5-16-11/h10-11,15-16H,1,3-9H2,(H,17,18)/p+1. The summed E-state index contributed by atoms with van der Waals surface area (Å²) < 4.78 is 0. The Labute approximate surface area is 114 Å². The second-order valence-electron chi connectivity index (χ2n) is 5.19. The molecule has 0 bridgehead atoms. The van der Waals surface area contributed by atoms with Gasteiger partial charge in [0.2, 0.25) is 5.84 Å². The van der Waals surface area contributed by atoms with Crippen molar-refractivity contribution in [2.24, 2.45) is 4.99 Å². The first kappa shape index (κ1) is 12.6. The number of piperazine rings is 1. The number of hydrogen-bond donors (Lipinski definition) is 3. The van der Waals surface area contributed by atoms with E-state index < -0.39 is 0 Å². The van der Waals surface area contributed by atoms with Crippen LogP contribution in [0.1, 0.15) is 12.8 Å². The normalized spacial score (nSPS) is 26.9. The second-order valence-corrected chi connectivity index (χ2v) is 5.19. The highest BCUT2D eigenvalue weighted by Gasteiger charge is 2.30. The summed E-state index contributed by atoms with van der Waals surface area (Å²) in [6.45, 7) is 9.03. The van der Waals surface area contributed by atoms with Crippen LogP contribution in [0.15, 0.2) is 34.9 Å². The molecular formula is C14H22N5+. The fourth-order valence-corrected chi connectivity index (χ4v) is 2.92. The van der Waals surface area contributed by atoms with E-state index in [4.69, 9.17) is 0 Å². The lowest BCUT2D eigenvalue weighted by Gasteiger charge is -2.29. The molecule has 0 aliphatic carbocycles. The van der Waals surface area contributed by atoms with E-state index in [1.807, 2.05) is 6.20 Å². The van der Waals surface area contributed by atoms with Crippen LogP contribution in [-0.2, 0) is 0 Å². The molecule has 0 aromatic heterocycles. The minimum Gasteiger partial charge on any atom is -0.358 e. The van der Waals surface area contributed by atoms with Crippen molar-refractivity contribution in [2.75, 3.05) is 32.7 Å². The Morgan fingerprint density at radius 3 is 2.95 bits per heavy atom. The number of hydrogen-bond acceptors (Lipinski definition) is 4. The van der Waals surface area contributed by atoms with E-state index in [0.717, 1.165) is 50.0 Å². The predicted octanol–water partition coefficient (Wildman–Crippen LogP) is -0.871. The number of nitrogens with two attached hydrogens (primary N) is 1. The van der Waals surface area contributed by atoms with Crippen LogP contribution in [0.4, 0.5) is 0 Å². The Hall–Kier alpha value is -1.39. The maximum Gasteiger partial charge on any atom is 0.222 e. The molecule has 2 saturated heterocycles. The van der Waals surface area contributed by atoms with Gasteiger partial charge in [0.05, 0.1) is 6.20 Å². The van der Waals surface area contributed by atoms with Crippen molar-refractivity contribution in [1.29, 1.82) is 0 Å². The Kier molecular flexibility index (Phi) is 3.80. The number of aliphatic imine (C=N–C) groups is 1. The van der Waals surface area contributed by atoms with Gasteiger partial charge in [-0.15, -0.1) is 0 Å². The van der Waals surface area contributed by atoms with Gasteiger partial charge in [-0.1, -0.05) is 12.3 Å². The molecule has 1 atom stereocenters. The van der Waals surface area contributed by atoms with Gasteiger partial charge < -0.3 is 15.5 Å². The molecule has 102 valence electrons. The van der Waals surface area contributed by atoms with Crippen LogP contribution < -0.4 is 16.0 Å². The van der Waals surface area contributed by atoms with E-state index in [9.17, 15) is 0 Å². The molecule has 3 rings (SSSR count). The number of nitrogens with one attached hydrogen (secondary N) is 2. The first-order valence-corrected chi connectivity index (χ1v) is 7.10. The SMILES string of the molecule is C=C=C(C1=CN=C(C2CCCN2)[NH2+]1)N1CCNCC1. The third-order valence-corrected chi connectivity index (χ3v) is 3.95. The first-order valence-electron chi connectivity index (χ1n) is 7.10. The summed E-state index contributed by atoms with van der Waals surface area (Å²) in [5, 5.41) is 9.05. The van der Waals surface area contributed by atoms with Gasteiger partial charge in [0.25, 0.3) is 0 Å². The fraction of sp³-hybridized carbons (Fsp3) is 0.571. The average Bonchev–Trinajstić information content (AvgIpc) is 3.11. The highest BCUT2D eigenvalue weighted by Crippen LogP contribution is 2.13. The molecule has 5 heteroatoms. The van der Waals surface area contributed by atoms with Crippen molar-refractivity contribution in [3.8, 4) is 0 Å². The van der Waals surface area contributed by atoms with Crippen molar-refractivity contribution in [3.05, 3.63) is 29.9 Å². The largest absolute Gasteiger partial charge is 0.358 e. The lowest BCUT2D eigenvalue weighted by atomic mass is 10.2. The Balaban J connectivity index is 1.65. The minimum atomic E-state index is 0.433. The molecule has 0 aromatic carbocycles. The van der Waals surface area contributed by atoms with E-state index >= 15 is 0 Å². The third-order valence-electron chi connectivity index (χ3n) is 3.95. The molecule has 0 radical (unpaired) electrons. The van der Waals surface area contributed by atoms with Gasteiger partial charge in [-0.05, 0) is 19.4 Å². The average molecular weight is 260 g/mol. The molecule has 5 nitrogen and oxygen atoms in total. The summed E-state index contributed by atoms with van der Waals surface area (Å²) in [5.74, 6) is 1.16. The highest BCUT2D eigenvalue weighted by molar-refractivity contribution is 5.81. The number of amidine groups is 1. The lowest BCUT2D eigenvalue weighted by molar-refractivity contribution is -0.481. The molecule has 0 amide bonds. The van der Waals surface area contributed by atoms with Crippen LogP contribution >= 0.6 is 0 Å². The summed E-state index contributed by atoms with van der Waals surface area (Å²) in [6, 6.07) is 0.433. The molecular weight excluding hydrogens is 238 g/mol. The van der Waals surface area contributed by atoms with Crippen molar-refractivity contribution >= 4 is 5.84 Å². The summed E-state index contributed by atoms with van der Waals surface area (Å²) in [5.41, 5.74) is 5.35. The van der Waals surface area contributed by atoms with E-state index in [0.29, 0.717) is 6.04 Å². The zero-order chi connectivity index (χ0) is 13.1. The van der Waals surface area contributed by atoms with Gasteiger partial charge in [0.1, 0.15) is 11.7 Å². The number of nitrogens with zero attached hydrogens (tertiary/aromatic N) is 2. The lowest BCUT2D eigenvalue weighted by Crippen LogP contribution is -2.88. The summed E-state index contributed by atoms with van der Waals surface area (Å²) in [4.78, 5) is 6.91. The van der Waals surface area contributed by atoms with E-state index in [1.165, 1.54) is 12.8 Å². The van der Waals surface area contributed by atoms with Crippen LogP contribution in [0.5, 0.6) is 0 Å². The zero-order valence-electron chi connectivity index (χ0n) is 11.3. The molecule has 19 heavy (non-hydrogen) atoms. The predicted molar refractivity (Wildman–Crippen MR) is 75.6 cm³/mol. The van der Waals surface area contributed by atoms with E-state index in [2.05, 4.69) is 38.2 Å². The monoisotopic (exact) mass is 260 g/mol. The topological polar surface area (TPSA) is 56.3 Å². The van der Waals surface area contributed by atoms with Gasteiger partial charge in [0, 0.05) is 26.2 Å². The Morgan fingerprint density at radius 1 is 1.42 bits per heavy atom. The highest BCUT2D eigenvalue weighted by atomic mass is 15.2.